The van der Waals surface area contributed by atoms with Crippen molar-refractivity contribution in [2.24, 2.45) is 11.7 Å². The molecule has 0 bridgehead atoms. The summed E-state index contributed by atoms with van der Waals surface area (Å²) in [5.74, 6) is 0.531. The number of rotatable bonds is 3. The fourth-order valence-corrected chi connectivity index (χ4v) is 1.83. The van der Waals surface area contributed by atoms with Crippen LogP contribution in [0.1, 0.15) is 12.5 Å². The summed E-state index contributed by atoms with van der Waals surface area (Å²) in [6, 6.07) is 8.43. The van der Waals surface area contributed by atoms with Crippen LogP contribution < -0.4 is 5.73 Å². The highest BCUT2D eigenvalue weighted by molar-refractivity contribution is 5.84. The van der Waals surface area contributed by atoms with Crippen LogP contribution in [0.25, 0.3) is 10.8 Å². The molecule has 2 N–H and O–H groups in total. The van der Waals surface area contributed by atoms with E-state index in [0.29, 0.717) is 5.92 Å². The van der Waals surface area contributed by atoms with Crippen molar-refractivity contribution >= 4 is 10.8 Å². The second-order valence-corrected chi connectivity index (χ2v) is 4.06. The van der Waals surface area contributed by atoms with Crippen LogP contribution in [0.3, 0.4) is 0 Å². The van der Waals surface area contributed by atoms with Gasteiger partial charge >= 0.3 is 0 Å². The molecule has 0 fully saturated rings. The fourth-order valence-electron chi connectivity index (χ4n) is 1.83. The monoisotopic (exact) mass is 200 g/mol. The molecule has 2 heteroatoms. The van der Waals surface area contributed by atoms with Gasteiger partial charge in [0.15, 0.2) is 0 Å². The van der Waals surface area contributed by atoms with Gasteiger partial charge < -0.3 is 5.73 Å². The average molecular weight is 200 g/mol. The van der Waals surface area contributed by atoms with Crippen LogP contribution >= 0.6 is 0 Å². The molecule has 2 aromatic rings. The number of pyridine rings is 1. The van der Waals surface area contributed by atoms with E-state index in [1.807, 2.05) is 12.4 Å². The van der Waals surface area contributed by atoms with Crippen molar-refractivity contribution in [2.75, 3.05) is 6.54 Å². The second-order valence-electron chi connectivity index (χ2n) is 4.06. The SMILES string of the molecule is CC(CN)Cc1cccc2cnccc12. The zero-order valence-corrected chi connectivity index (χ0v) is 8.98. The van der Waals surface area contributed by atoms with Gasteiger partial charge in [-0.25, -0.2) is 0 Å². The van der Waals surface area contributed by atoms with Crippen LogP contribution in [0, 0.1) is 5.92 Å². The molecule has 0 saturated carbocycles. The Morgan fingerprint density at radius 2 is 2.20 bits per heavy atom. The predicted molar refractivity (Wildman–Crippen MR) is 63.7 cm³/mol. The van der Waals surface area contributed by atoms with Crippen molar-refractivity contribution in [3.8, 4) is 0 Å². The molecule has 15 heavy (non-hydrogen) atoms. The van der Waals surface area contributed by atoms with Gasteiger partial charge in [0.25, 0.3) is 0 Å². The number of nitrogens with two attached hydrogens (primary N) is 1. The van der Waals surface area contributed by atoms with Crippen LogP contribution in [0.5, 0.6) is 0 Å². The van der Waals surface area contributed by atoms with Gasteiger partial charge in [-0.2, -0.15) is 0 Å². The Kier molecular flexibility index (Phi) is 2.97. The number of hydrogen-bond acceptors (Lipinski definition) is 2. The fraction of sp³-hybridized carbons (Fsp3) is 0.308. The van der Waals surface area contributed by atoms with Crippen molar-refractivity contribution in [3.63, 3.8) is 0 Å². The smallest absolute Gasteiger partial charge is 0.0346 e. The minimum atomic E-state index is 0.531. The van der Waals surface area contributed by atoms with Gasteiger partial charge in [-0.15, -0.1) is 0 Å². The second kappa shape index (κ2) is 4.41. The molecule has 1 atom stereocenters. The number of fused-ring (bicyclic) bond motifs is 1. The first kappa shape index (κ1) is 10.1. The predicted octanol–water partition coefficient (Wildman–Crippen LogP) is 2.37. The highest BCUT2D eigenvalue weighted by Crippen LogP contribution is 2.19. The summed E-state index contributed by atoms with van der Waals surface area (Å²) in [6.07, 6.45) is 4.79. The van der Waals surface area contributed by atoms with E-state index in [4.69, 9.17) is 5.73 Å². The Labute approximate surface area is 90.1 Å². The largest absolute Gasteiger partial charge is 0.330 e. The summed E-state index contributed by atoms with van der Waals surface area (Å²) < 4.78 is 0. The van der Waals surface area contributed by atoms with Gasteiger partial charge in [-0.3, -0.25) is 4.98 Å². The number of benzene rings is 1. The maximum Gasteiger partial charge on any atom is 0.0346 e. The summed E-state index contributed by atoms with van der Waals surface area (Å²) in [6.45, 7) is 2.92. The maximum atomic E-state index is 5.65. The van der Waals surface area contributed by atoms with Gasteiger partial charge in [0, 0.05) is 17.8 Å². The molecule has 0 saturated heterocycles. The Bertz CT molecular complexity index is 446. The maximum absolute atomic E-state index is 5.65. The standard InChI is InChI=1S/C13H16N2/c1-10(8-14)7-11-3-2-4-12-9-15-6-5-13(11)12/h2-6,9-10H,7-8,14H2,1H3. The number of hydrogen-bond donors (Lipinski definition) is 1. The summed E-state index contributed by atoms with van der Waals surface area (Å²) in [4.78, 5) is 4.13. The third kappa shape index (κ3) is 2.16. The summed E-state index contributed by atoms with van der Waals surface area (Å²) >= 11 is 0. The molecule has 0 aliphatic carbocycles. The molecule has 78 valence electrons. The van der Waals surface area contributed by atoms with Gasteiger partial charge in [0.05, 0.1) is 0 Å². The molecule has 2 rings (SSSR count). The number of nitrogens with zero attached hydrogens (tertiary/aromatic N) is 1. The van der Waals surface area contributed by atoms with E-state index >= 15 is 0 Å². The van der Waals surface area contributed by atoms with E-state index in [1.165, 1.54) is 16.3 Å². The normalized spacial score (nSPS) is 12.9. The van der Waals surface area contributed by atoms with Gasteiger partial charge in [0.1, 0.15) is 0 Å². The van der Waals surface area contributed by atoms with Crippen LogP contribution in [0.15, 0.2) is 36.7 Å². The highest BCUT2D eigenvalue weighted by Gasteiger charge is 2.04. The zero-order chi connectivity index (χ0) is 10.7. The molecule has 0 aliphatic heterocycles. The first-order valence-corrected chi connectivity index (χ1v) is 5.33. The molecule has 0 radical (unpaired) electrons. The van der Waals surface area contributed by atoms with Gasteiger partial charge in [-0.05, 0) is 35.9 Å². The molecular formula is C13H16N2. The van der Waals surface area contributed by atoms with E-state index < -0.39 is 0 Å². The lowest BCUT2D eigenvalue weighted by Gasteiger charge is -2.10. The molecule has 2 nitrogen and oxygen atoms in total. The molecule has 1 aromatic carbocycles. The molecule has 0 amide bonds. The Hall–Kier alpha value is -1.41. The number of aromatic nitrogens is 1. The summed E-state index contributed by atoms with van der Waals surface area (Å²) in [5.41, 5.74) is 7.02. The van der Waals surface area contributed by atoms with Crippen molar-refractivity contribution in [1.29, 1.82) is 0 Å². The van der Waals surface area contributed by atoms with Gasteiger partial charge in [-0.1, -0.05) is 25.1 Å². The molecular weight excluding hydrogens is 184 g/mol. The molecule has 1 heterocycles. The molecule has 0 aliphatic rings. The summed E-state index contributed by atoms with van der Waals surface area (Å²) in [7, 11) is 0. The van der Waals surface area contributed by atoms with E-state index in [-0.39, 0.29) is 0 Å². The third-order valence-corrected chi connectivity index (χ3v) is 2.74. The topological polar surface area (TPSA) is 38.9 Å². The van der Waals surface area contributed by atoms with Crippen molar-refractivity contribution in [2.45, 2.75) is 13.3 Å². The average Bonchev–Trinajstić information content (AvgIpc) is 2.29. The minimum Gasteiger partial charge on any atom is -0.330 e. The van der Waals surface area contributed by atoms with E-state index in [2.05, 4.69) is 36.2 Å². The Balaban J connectivity index is 2.42. The van der Waals surface area contributed by atoms with Crippen molar-refractivity contribution < 1.29 is 0 Å². The van der Waals surface area contributed by atoms with E-state index in [1.54, 1.807) is 0 Å². The van der Waals surface area contributed by atoms with Crippen LogP contribution in [-0.2, 0) is 6.42 Å². The first-order chi connectivity index (χ1) is 7.31. The highest BCUT2D eigenvalue weighted by atomic mass is 14.6. The third-order valence-electron chi connectivity index (χ3n) is 2.74. The van der Waals surface area contributed by atoms with E-state index in [0.717, 1.165) is 13.0 Å². The van der Waals surface area contributed by atoms with E-state index in [9.17, 15) is 0 Å². The minimum absolute atomic E-state index is 0.531. The van der Waals surface area contributed by atoms with Crippen LogP contribution in [-0.4, -0.2) is 11.5 Å². The van der Waals surface area contributed by atoms with Crippen molar-refractivity contribution in [3.05, 3.63) is 42.2 Å². The lowest BCUT2D eigenvalue weighted by molar-refractivity contribution is 0.595. The lowest BCUT2D eigenvalue weighted by atomic mass is 9.97. The quantitative estimate of drug-likeness (QED) is 0.826. The molecule has 1 aromatic heterocycles. The zero-order valence-electron chi connectivity index (χ0n) is 8.98. The van der Waals surface area contributed by atoms with Gasteiger partial charge in [0.2, 0.25) is 0 Å². The lowest BCUT2D eigenvalue weighted by Crippen LogP contribution is -2.13. The van der Waals surface area contributed by atoms with Crippen LogP contribution in [0.2, 0.25) is 0 Å². The van der Waals surface area contributed by atoms with Crippen LogP contribution in [0.4, 0.5) is 0 Å². The molecule has 0 spiro atoms. The molecule has 1 unspecified atom stereocenters. The van der Waals surface area contributed by atoms with Crippen molar-refractivity contribution in [1.82, 2.24) is 4.98 Å². The first-order valence-electron chi connectivity index (χ1n) is 5.33. The Morgan fingerprint density at radius 3 is 3.00 bits per heavy atom. The Morgan fingerprint density at radius 1 is 1.33 bits per heavy atom. The summed E-state index contributed by atoms with van der Waals surface area (Å²) in [5, 5.41) is 2.51.